The fourth-order valence-electron chi connectivity index (χ4n) is 4.76. The maximum Gasteiger partial charge on any atom is 0.295 e. The molecule has 3 heterocycles. The van der Waals surface area contributed by atoms with E-state index in [-0.39, 0.29) is 17.5 Å². The Hall–Kier alpha value is -4.17. The van der Waals surface area contributed by atoms with Crippen molar-refractivity contribution >= 4 is 46.5 Å². The molecule has 38 heavy (non-hydrogen) atoms. The number of fused-ring (bicyclic) bond motifs is 1. The normalized spacial score (nSPS) is 15.4. The van der Waals surface area contributed by atoms with Crippen molar-refractivity contribution < 1.29 is 14.4 Å². The molecular weight excluding hydrogens is 496 g/mol. The Labute approximate surface area is 225 Å². The van der Waals surface area contributed by atoms with Crippen LogP contribution in [0.15, 0.2) is 84.5 Å². The van der Waals surface area contributed by atoms with Gasteiger partial charge in [-0.3, -0.25) is 19.4 Å². The summed E-state index contributed by atoms with van der Waals surface area (Å²) >= 11 is 1.68. The fraction of sp³-hybridized carbons (Fsp3) is 0.200. The predicted octanol–water partition coefficient (Wildman–Crippen LogP) is 5.05. The highest BCUT2D eigenvalue weighted by Crippen LogP contribution is 2.30. The topological polar surface area (TPSA) is 86.4 Å². The molecule has 0 saturated carbocycles. The van der Waals surface area contributed by atoms with Gasteiger partial charge in [-0.05, 0) is 42.3 Å². The number of hydrogen-bond acceptors (Lipinski definition) is 5. The number of piperazine rings is 1. The van der Waals surface area contributed by atoms with Crippen LogP contribution in [0.5, 0.6) is 0 Å². The Kier molecular flexibility index (Phi) is 7.42. The minimum absolute atomic E-state index is 0.0715. The zero-order chi connectivity index (χ0) is 26.6. The number of hydrogen-bond donors (Lipinski definition) is 1. The molecule has 1 saturated heterocycles. The van der Waals surface area contributed by atoms with Crippen LogP contribution in [0.25, 0.3) is 17.1 Å². The van der Waals surface area contributed by atoms with Crippen LogP contribution >= 0.6 is 11.8 Å². The van der Waals surface area contributed by atoms with Crippen molar-refractivity contribution in [1.82, 2.24) is 19.8 Å². The van der Waals surface area contributed by atoms with Crippen LogP contribution in [0.4, 0.5) is 0 Å². The first kappa shape index (κ1) is 25.5. The van der Waals surface area contributed by atoms with E-state index < -0.39 is 11.7 Å². The molecule has 5 rings (SSSR count). The van der Waals surface area contributed by atoms with Crippen LogP contribution in [-0.4, -0.2) is 63.0 Å². The van der Waals surface area contributed by atoms with Crippen molar-refractivity contribution in [2.45, 2.75) is 23.6 Å². The maximum atomic E-state index is 13.3. The molecule has 1 atom stereocenters. The molecule has 0 unspecified atom stereocenters. The summed E-state index contributed by atoms with van der Waals surface area (Å²) in [5.41, 5.74) is 4.17. The summed E-state index contributed by atoms with van der Waals surface area (Å²) in [7, 11) is 0. The number of rotatable bonds is 7. The minimum atomic E-state index is -0.597. The Morgan fingerprint density at radius 1 is 1.08 bits per heavy atom. The number of Topliss-reactive ketones (excluding diaryl/α,β-unsaturated/α-hetero) is 1. The molecule has 1 aliphatic heterocycles. The molecule has 0 bridgehead atoms. The van der Waals surface area contributed by atoms with Gasteiger partial charge in [0.15, 0.2) is 0 Å². The largest absolute Gasteiger partial charge is 0.359 e. The van der Waals surface area contributed by atoms with Gasteiger partial charge in [-0.15, -0.1) is 11.8 Å². The number of carbonyl (C=O) groups is 3. The molecule has 1 fully saturated rings. The molecule has 2 aromatic heterocycles. The minimum Gasteiger partial charge on any atom is -0.359 e. The molecule has 0 aliphatic carbocycles. The smallest absolute Gasteiger partial charge is 0.295 e. The van der Waals surface area contributed by atoms with E-state index in [9.17, 15) is 14.4 Å². The van der Waals surface area contributed by atoms with Crippen molar-refractivity contribution in [3.63, 3.8) is 0 Å². The van der Waals surface area contributed by atoms with Crippen molar-refractivity contribution in [3.8, 4) is 0 Å². The lowest BCUT2D eigenvalue weighted by atomic mass is 10.1. The summed E-state index contributed by atoms with van der Waals surface area (Å²) in [6.45, 7) is 6.78. The Balaban J connectivity index is 1.29. The number of carbonyl (C=O) groups excluding carboxylic acids is 3. The average molecular weight is 525 g/mol. The van der Waals surface area contributed by atoms with Gasteiger partial charge in [0.05, 0.1) is 16.6 Å². The lowest BCUT2D eigenvalue weighted by molar-refractivity contribution is -0.130. The monoisotopic (exact) mass is 524 g/mol. The molecule has 0 spiro atoms. The lowest BCUT2D eigenvalue weighted by Crippen LogP contribution is -2.56. The molecule has 8 heteroatoms. The van der Waals surface area contributed by atoms with E-state index in [0.717, 1.165) is 21.5 Å². The van der Waals surface area contributed by atoms with E-state index in [4.69, 9.17) is 0 Å². The van der Waals surface area contributed by atoms with Crippen LogP contribution in [0.3, 0.4) is 0 Å². The Morgan fingerprint density at radius 3 is 2.61 bits per heavy atom. The molecule has 192 valence electrons. The third-order valence-electron chi connectivity index (χ3n) is 6.81. The van der Waals surface area contributed by atoms with E-state index >= 15 is 0 Å². The van der Waals surface area contributed by atoms with Crippen LogP contribution in [0, 0.1) is 0 Å². The average Bonchev–Trinajstić information content (AvgIpc) is 3.40. The standard InChI is InChI=1S/C30H28N4O3S/c1-3-21-9-7-8-12-25(21)38-19-23-13-14-31-27-24(17-32-26(23)27)28(35)30(37)34-16-15-33(18-20(34)2)29(36)22-10-5-4-6-11-22/h3-14,17,20,32H,1,15-16,18-19H2,2H3/t20-/m1/s1. The first-order valence-corrected chi connectivity index (χ1v) is 13.5. The van der Waals surface area contributed by atoms with E-state index in [1.807, 2.05) is 55.5 Å². The SMILES string of the molecule is C=Cc1ccccc1SCc1ccnc2c(C(=O)C(=O)N3CCN(C(=O)c4ccccc4)C[C@H]3C)c[nH]c12. The van der Waals surface area contributed by atoms with E-state index in [1.165, 1.54) is 0 Å². The lowest BCUT2D eigenvalue weighted by Gasteiger charge is -2.39. The summed E-state index contributed by atoms with van der Waals surface area (Å²) in [4.78, 5) is 51.4. The molecule has 4 aromatic rings. The van der Waals surface area contributed by atoms with Crippen molar-refractivity contribution in [1.29, 1.82) is 0 Å². The molecule has 7 nitrogen and oxygen atoms in total. The zero-order valence-corrected chi connectivity index (χ0v) is 21.9. The van der Waals surface area contributed by atoms with Crippen LogP contribution in [0.1, 0.15) is 38.8 Å². The van der Waals surface area contributed by atoms with Gasteiger partial charge < -0.3 is 14.8 Å². The fourth-order valence-corrected chi connectivity index (χ4v) is 5.81. The zero-order valence-electron chi connectivity index (χ0n) is 21.1. The van der Waals surface area contributed by atoms with E-state index in [0.29, 0.717) is 36.5 Å². The second-order valence-electron chi connectivity index (χ2n) is 9.22. The van der Waals surface area contributed by atoms with Gasteiger partial charge in [0.2, 0.25) is 0 Å². The summed E-state index contributed by atoms with van der Waals surface area (Å²) in [5.74, 6) is -0.579. The summed E-state index contributed by atoms with van der Waals surface area (Å²) in [5, 5.41) is 0. The van der Waals surface area contributed by atoms with Crippen molar-refractivity contribution in [2.24, 2.45) is 0 Å². The molecule has 1 N–H and O–H groups in total. The van der Waals surface area contributed by atoms with Crippen molar-refractivity contribution in [2.75, 3.05) is 19.6 Å². The number of amides is 2. The van der Waals surface area contributed by atoms with Gasteiger partial charge >= 0.3 is 0 Å². The number of pyridine rings is 1. The molecule has 2 aromatic carbocycles. The van der Waals surface area contributed by atoms with Gasteiger partial charge in [-0.25, -0.2) is 0 Å². The Morgan fingerprint density at radius 2 is 1.84 bits per heavy atom. The number of thioether (sulfide) groups is 1. The summed E-state index contributed by atoms with van der Waals surface area (Å²) < 4.78 is 0. The number of nitrogens with one attached hydrogen (secondary N) is 1. The number of H-pyrrole nitrogens is 1. The number of aromatic nitrogens is 2. The van der Waals surface area contributed by atoms with Gasteiger partial charge in [0.1, 0.15) is 0 Å². The van der Waals surface area contributed by atoms with Crippen LogP contribution in [0.2, 0.25) is 0 Å². The second kappa shape index (κ2) is 11.1. The number of nitrogens with zero attached hydrogens (tertiary/aromatic N) is 3. The number of benzene rings is 2. The molecular formula is C30H28N4O3S. The number of ketones is 1. The van der Waals surface area contributed by atoms with E-state index in [1.54, 1.807) is 46.1 Å². The summed E-state index contributed by atoms with van der Waals surface area (Å²) in [6.07, 6.45) is 5.08. The Bertz CT molecular complexity index is 1510. The predicted molar refractivity (Wildman–Crippen MR) is 150 cm³/mol. The highest BCUT2D eigenvalue weighted by molar-refractivity contribution is 7.98. The third-order valence-corrected chi connectivity index (χ3v) is 7.95. The second-order valence-corrected chi connectivity index (χ2v) is 10.2. The van der Waals surface area contributed by atoms with Gasteiger partial charge in [0, 0.05) is 54.3 Å². The van der Waals surface area contributed by atoms with Crippen molar-refractivity contribution in [3.05, 3.63) is 102 Å². The molecule has 0 radical (unpaired) electrons. The highest BCUT2D eigenvalue weighted by Gasteiger charge is 2.34. The van der Waals surface area contributed by atoms with Gasteiger partial charge in [-0.1, -0.05) is 49.1 Å². The quantitative estimate of drug-likeness (QED) is 0.208. The summed E-state index contributed by atoms with van der Waals surface area (Å²) in [6, 6.07) is 18.8. The van der Waals surface area contributed by atoms with Crippen LogP contribution < -0.4 is 0 Å². The maximum absolute atomic E-state index is 13.3. The molecule has 1 aliphatic rings. The first-order valence-electron chi connectivity index (χ1n) is 12.5. The van der Waals surface area contributed by atoms with Gasteiger partial charge in [0.25, 0.3) is 17.6 Å². The highest BCUT2D eigenvalue weighted by atomic mass is 32.2. The third kappa shape index (κ3) is 4.99. The van der Waals surface area contributed by atoms with Crippen LogP contribution in [-0.2, 0) is 10.5 Å². The van der Waals surface area contributed by atoms with Gasteiger partial charge in [-0.2, -0.15) is 0 Å². The number of aromatic amines is 1. The van der Waals surface area contributed by atoms with E-state index in [2.05, 4.69) is 22.6 Å². The molecule has 2 amide bonds. The first-order chi connectivity index (χ1) is 18.5.